The summed E-state index contributed by atoms with van der Waals surface area (Å²) in [5, 5.41) is 12.7. The van der Waals surface area contributed by atoms with Crippen LogP contribution in [0.4, 0.5) is 5.13 Å². The molecule has 1 saturated carbocycles. The second-order valence-corrected chi connectivity index (χ2v) is 13.4. The molecular weight excluding hydrogens is 480 g/mol. The summed E-state index contributed by atoms with van der Waals surface area (Å²) in [6.07, 6.45) is 4.42. The summed E-state index contributed by atoms with van der Waals surface area (Å²) in [4.78, 5) is 21.5. The number of hydrogen-bond donors (Lipinski definition) is 1. The van der Waals surface area contributed by atoms with E-state index in [4.69, 9.17) is 10.2 Å². The highest BCUT2D eigenvalue weighted by Crippen LogP contribution is 2.43. The van der Waals surface area contributed by atoms with Crippen molar-refractivity contribution in [1.29, 1.82) is 5.26 Å². The molecule has 188 valence electrons. The lowest BCUT2D eigenvalue weighted by Gasteiger charge is -2.33. The predicted molar refractivity (Wildman–Crippen MR) is 138 cm³/mol. The Balaban J connectivity index is 1.37. The average molecular weight is 515 g/mol. The number of nitriles is 1. The second kappa shape index (κ2) is 10.8. The third kappa shape index (κ3) is 5.93. The number of rotatable bonds is 8. The lowest BCUT2D eigenvalue weighted by molar-refractivity contribution is -0.115. The molecule has 1 fully saturated rings. The molecule has 35 heavy (non-hydrogen) atoms. The van der Waals surface area contributed by atoms with Crippen LogP contribution in [0.5, 0.6) is 0 Å². The van der Waals surface area contributed by atoms with Crippen molar-refractivity contribution >= 4 is 32.2 Å². The number of nitrogens with one attached hydrogen (secondary N) is 1. The summed E-state index contributed by atoms with van der Waals surface area (Å²) < 4.78 is 24.0. The molecule has 0 bridgehead atoms. The Kier molecular flexibility index (Phi) is 7.94. The van der Waals surface area contributed by atoms with E-state index in [1.165, 1.54) is 4.88 Å². The van der Waals surface area contributed by atoms with Gasteiger partial charge in [0, 0.05) is 23.9 Å². The van der Waals surface area contributed by atoms with Crippen LogP contribution in [0.3, 0.4) is 0 Å². The third-order valence-electron chi connectivity index (χ3n) is 7.17. The molecular formula is C26H34N4O3S2. The maximum atomic E-state index is 12.6. The van der Waals surface area contributed by atoms with Gasteiger partial charge in [0.05, 0.1) is 34.9 Å². The van der Waals surface area contributed by atoms with Gasteiger partial charge in [-0.15, -0.1) is 11.3 Å². The minimum Gasteiger partial charge on any atom is -0.302 e. The van der Waals surface area contributed by atoms with Gasteiger partial charge >= 0.3 is 0 Å². The molecule has 0 spiro atoms. The Morgan fingerprint density at radius 3 is 2.51 bits per heavy atom. The quantitative estimate of drug-likeness (QED) is 0.534. The van der Waals surface area contributed by atoms with Crippen LogP contribution in [-0.4, -0.2) is 36.5 Å². The van der Waals surface area contributed by atoms with Crippen molar-refractivity contribution < 1.29 is 13.2 Å². The summed E-state index contributed by atoms with van der Waals surface area (Å²) >= 11 is 1.55. The van der Waals surface area contributed by atoms with Gasteiger partial charge in [-0.25, -0.2) is 13.4 Å². The first-order chi connectivity index (χ1) is 16.7. The average Bonchev–Trinajstić information content (AvgIpc) is 3.36. The topological polar surface area (TPSA) is 103 Å². The zero-order valence-electron chi connectivity index (χ0n) is 20.7. The number of fused-ring (bicyclic) bond motifs is 1. The van der Waals surface area contributed by atoms with Gasteiger partial charge in [-0.2, -0.15) is 5.26 Å². The van der Waals surface area contributed by atoms with Crippen LogP contribution < -0.4 is 5.32 Å². The molecule has 4 rings (SSSR count). The first-order valence-corrected chi connectivity index (χ1v) is 14.9. The minimum absolute atomic E-state index is 0.0542. The van der Waals surface area contributed by atoms with E-state index < -0.39 is 9.84 Å². The molecule has 1 amide bonds. The molecule has 9 heteroatoms. The fraction of sp³-hybridized carbons (Fsp3) is 0.577. The maximum Gasteiger partial charge on any atom is 0.230 e. The molecule has 1 aliphatic carbocycles. The second-order valence-electron chi connectivity index (χ2n) is 10.1. The van der Waals surface area contributed by atoms with E-state index in [9.17, 15) is 13.2 Å². The molecule has 1 aliphatic heterocycles. The number of carbonyl (C=O) groups excluding carboxylic acids is 1. The molecule has 0 saturated heterocycles. The lowest BCUT2D eigenvalue weighted by atomic mass is 9.82. The van der Waals surface area contributed by atoms with Crippen LogP contribution in [-0.2, 0) is 27.6 Å². The highest BCUT2D eigenvalue weighted by molar-refractivity contribution is 7.91. The van der Waals surface area contributed by atoms with Gasteiger partial charge in [0.15, 0.2) is 15.0 Å². The van der Waals surface area contributed by atoms with Crippen LogP contribution in [0.15, 0.2) is 29.2 Å². The van der Waals surface area contributed by atoms with E-state index in [0.717, 1.165) is 50.0 Å². The van der Waals surface area contributed by atoms with Gasteiger partial charge in [-0.1, -0.05) is 32.9 Å². The minimum atomic E-state index is -3.25. The Morgan fingerprint density at radius 1 is 1.23 bits per heavy atom. The number of carbonyl (C=O) groups is 1. The fourth-order valence-electron chi connectivity index (χ4n) is 5.27. The molecule has 7 nitrogen and oxygen atoms in total. The molecule has 1 N–H and O–H groups in total. The first kappa shape index (κ1) is 25.8. The Morgan fingerprint density at radius 2 is 1.91 bits per heavy atom. The number of sulfone groups is 1. The number of nitrogens with zero attached hydrogens (tertiary/aromatic N) is 3. The van der Waals surface area contributed by atoms with Crippen LogP contribution in [0.1, 0.15) is 68.6 Å². The summed E-state index contributed by atoms with van der Waals surface area (Å²) in [6, 6.07) is 9.18. The highest BCUT2D eigenvalue weighted by atomic mass is 32.2. The fourth-order valence-corrected chi connectivity index (χ4v) is 7.20. The van der Waals surface area contributed by atoms with Crippen molar-refractivity contribution in [1.82, 2.24) is 9.88 Å². The number of aromatic nitrogens is 1. The molecule has 0 radical (unpaired) electrons. The van der Waals surface area contributed by atoms with Crippen molar-refractivity contribution in [3.05, 3.63) is 40.4 Å². The molecule has 0 unspecified atom stereocenters. The summed E-state index contributed by atoms with van der Waals surface area (Å²) in [7, 11) is -3.25. The smallest absolute Gasteiger partial charge is 0.230 e. The van der Waals surface area contributed by atoms with Gasteiger partial charge in [0.2, 0.25) is 5.91 Å². The van der Waals surface area contributed by atoms with E-state index in [2.05, 4.69) is 30.1 Å². The van der Waals surface area contributed by atoms with Crippen molar-refractivity contribution in [3.63, 3.8) is 0 Å². The Bertz CT molecular complexity index is 1190. The van der Waals surface area contributed by atoms with Gasteiger partial charge in [-0.05, 0) is 55.2 Å². The van der Waals surface area contributed by atoms with E-state index in [1.807, 2.05) is 0 Å². The predicted octanol–water partition coefficient (Wildman–Crippen LogP) is 4.96. The zero-order valence-corrected chi connectivity index (χ0v) is 22.3. The van der Waals surface area contributed by atoms with Crippen molar-refractivity contribution in [2.45, 2.75) is 70.4 Å². The molecule has 2 heterocycles. The van der Waals surface area contributed by atoms with E-state index in [-0.39, 0.29) is 34.9 Å². The van der Waals surface area contributed by atoms with Crippen molar-refractivity contribution in [2.75, 3.05) is 17.6 Å². The van der Waals surface area contributed by atoms with Crippen LogP contribution >= 0.6 is 11.3 Å². The van der Waals surface area contributed by atoms with E-state index in [0.29, 0.717) is 17.0 Å². The summed E-state index contributed by atoms with van der Waals surface area (Å²) in [5.41, 5.74) is 1.85. The van der Waals surface area contributed by atoms with Crippen LogP contribution in [0, 0.1) is 29.1 Å². The molecule has 2 aromatic rings. The zero-order chi connectivity index (χ0) is 25.2. The first-order valence-electron chi connectivity index (χ1n) is 12.4. The SMILES string of the molecule is CCS(=O)(=O)c1ccc(CC(=O)Nc2nc3c(s2)CN(C[C@H]2CC[C@H](C#N)CC2)[C@H]3C(C)C)cc1. The van der Waals surface area contributed by atoms with Crippen molar-refractivity contribution in [3.8, 4) is 6.07 Å². The number of hydrogen-bond acceptors (Lipinski definition) is 7. The molecule has 1 aromatic carbocycles. The summed E-state index contributed by atoms with van der Waals surface area (Å²) in [5.74, 6) is 1.17. The molecule has 1 atom stereocenters. The Labute approximate surface area is 212 Å². The van der Waals surface area contributed by atoms with E-state index in [1.54, 1.807) is 42.5 Å². The standard InChI is InChI=1S/C26H34N4O3S2/c1-4-35(32,33)21-11-9-18(10-12-21)13-23(31)28-26-29-24-22(34-26)16-30(25(24)17(2)3)15-20-7-5-19(14-27)6-8-20/h9-12,17,19-20,25H,4-8,13,15-16H2,1-3H3,(H,28,29,31)/t19-,20-,25-/m0/s1. The molecule has 1 aromatic heterocycles. The monoisotopic (exact) mass is 514 g/mol. The third-order valence-corrected chi connectivity index (χ3v) is 9.90. The number of amides is 1. The normalized spacial score (nSPS) is 22.7. The van der Waals surface area contributed by atoms with Crippen molar-refractivity contribution in [2.24, 2.45) is 17.8 Å². The number of thiazole rings is 1. The highest BCUT2D eigenvalue weighted by Gasteiger charge is 2.37. The van der Waals surface area contributed by atoms with E-state index >= 15 is 0 Å². The van der Waals surface area contributed by atoms with Crippen LogP contribution in [0.25, 0.3) is 0 Å². The number of anilines is 1. The summed E-state index contributed by atoms with van der Waals surface area (Å²) in [6.45, 7) is 7.96. The largest absolute Gasteiger partial charge is 0.302 e. The van der Waals surface area contributed by atoms with Crippen LogP contribution in [0.2, 0.25) is 0 Å². The van der Waals surface area contributed by atoms with Gasteiger partial charge in [0.1, 0.15) is 0 Å². The Hall–Kier alpha value is -2.28. The number of benzene rings is 1. The maximum absolute atomic E-state index is 12.6. The van der Waals surface area contributed by atoms with Gasteiger partial charge < -0.3 is 5.32 Å². The van der Waals surface area contributed by atoms with Gasteiger partial charge in [-0.3, -0.25) is 9.69 Å². The van der Waals surface area contributed by atoms with Gasteiger partial charge in [0.25, 0.3) is 0 Å². The lowest BCUT2D eigenvalue weighted by Crippen LogP contribution is -2.33. The molecule has 2 aliphatic rings.